The van der Waals surface area contributed by atoms with Crippen LogP contribution in [0.1, 0.15) is 34.9 Å². The molecule has 3 N–H and O–H groups in total. The van der Waals surface area contributed by atoms with Crippen LogP contribution in [0, 0.1) is 0 Å². The Morgan fingerprint density at radius 1 is 1.56 bits per heavy atom. The molecule has 0 aromatic carbocycles. The molecule has 1 aliphatic heterocycles. The van der Waals surface area contributed by atoms with Gasteiger partial charge in [0, 0.05) is 24.7 Å². The van der Waals surface area contributed by atoms with Gasteiger partial charge in [-0.05, 0) is 31.5 Å². The maximum atomic E-state index is 11.1. The molecule has 1 amide bonds. The molecule has 5 heteroatoms. The molecule has 1 aromatic heterocycles. The molecule has 0 saturated carbocycles. The second-order valence-corrected chi connectivity index (χ2v) is 4.68. The smallest absolute Gasteiger partial charge is 0.267 e. The van der Waals surface area contributed by atoms with E-state index in [0.29, 0.717) is 18.2 Å². The van der Waals surface area contributed by atoms with Gasteiger partial charge >= 0.3 is 0 Å². The summed E-state index contributed by atoms with van der Waals surface area (Å²) in [5.74, 6) is -0.163. The topological polar surface area (TPSA) is 79.5 Å². The lowest BCUT2D eigenvalue weighted by Gasteiger charge is -2.31. The number of rotatable bonds is 4. The van der Waals surface area contributed by atoms with Gasteiger partial charge < -0.3 is 15.7 Å². The summed E-state index contributed by atoms with van der Waals surface area (Å²) in [6.45, 7) is 2.79. The SMILES string of the molecule is NC(=O)c1cccc([C@@H]2CCCN(CCO)C2)n1. The Hall–Kier alpha value is -1.46. The summed E-state index contributed by atoms with van der Waals surface area (Å²) in [6.07, 6.45) is 2.16. The molecule has 5 nitrogen and oxygen atoms in total. The van der Waals surface area contributed by atoms with Crippen LogP contribution in [-0.4, -0.2) is 47.1 Å². The highest BCUT2D eigenvalue weighted by Gasteiger charge is 2.22. The third kappa shape index (κ3) is 3.05. The molecule has 0 aliphatic carbocycles. The zero-order valence-corrected chi connectivity index (χ0v) is 10.4. The number of hydrogen-bond donors (Lipinski definition) is 2. The molecule has 1 atom stereocenters. The van der Waals surface area contributed by atoms with Crippen molar-refractivity contribution >= 4 is 5.91 Å². The van der Waals surface area contributed by atoms with Crippen LogP contribution >= 0.6 is 0 Å². The molecule has 1 saturated heterocycles. The number of aromatic nitrogens is 1. The van der Waals surface area contributed by atoms with Crippen LogP contribution in [0.25, 0.3) is 0 Å². The molecular weight excluding hydrogens is 230 g/mol. The lowest BCUT2D eigenvalue weighted by Crippen LogP contribution is -2.36. The molecule has 2 rings (SSSR count). The van der Waals surface area contributed by atoms with Crippen LogP contribution in [0.15, 0.2) is 18.2 Å². The van der Waals surface area contributed by atoms with Gasteiger partial charge in [0.15, 0.2) is 0 Å². The Bertz CT molecular complexity index is 420. The fourth-order valence-electron chi connectivity index (χ4n) is 2.46. The lowest BCUT2D eigenvalue weighted by molar-refractivity contribution is 0.0995. The average Bonchev–Trinajstić information content (AvgIpc) is 2.39. The summed E-state index contributed by atoms with van der Waals surface area (Å²) in [5.41, 5.74) is 6.49. The van der Waals surface area contributed by atoms with Crippen molar-refractivity contribution in [1.29, 1.82) is 0 Å². The number of piperidine rings is 1. The largest absolute Gasteiger partial charge is 0.395 e. The number of hydrogen-bond acceptors (Lipinski definition) is 4. The number of aliphatic hydroxyl groups is 1. The van der Waals surface area contributed by atoms with Crippen molar-refractivity contribution in [1.82, 2.24) is 9.88 Å². The van der Waals surface area contributed by atoms with Crippen molar-refractivity contribution < 1.29 is 9.90 Å². The highest BCUT2D eigenvalue weighted by Crippen LogP contribution is 2.25. The second-order valence-electron chi connectivity index (χ2n) is 4.68. The number of carbonyl (C=O) groups is 1. The molecule has 1 aliphatic rings. The number of β-amino-alcohol motifs (C(OH)–C–C–N with tert-alkyl or cyclic N) is 1. The van der Waals surface area contributed by atoms with Crippen molar-refractivity contribution in [2.75, 3.05) is 26.2 Å². The minimum atomic E-state index is -0.486. The van der Waals surface area contributed by atoms with E-state index in [4.69, 9.17) is 10.8 Å². The van der Waals surface area contributed by atoms with Crippen LogP contribution in [0.4, 0.5) is 0 Å². The first kappa shape index (κ1) is 13.0. The zero-order valence-electron chi connectivity index (χ0n) is 10.4. The predicted molar refractivity (Wildman–Crippen MR) is 68.3 cm³/mol. The van der Waals surface area contributed by atoms with E-state index in [1.165, 1.54) is 0 Å². The van der Waals surface area contributed by atoms with Gasteiger partial charge in [0.2, 0.25) is 0 Å². The van der Waals surface area contributed by atoms with E-state index in [-0.39, 0.29) is 6.61 Å². The Morgan fingerprint density at radius 2 is 2.39 bits per heavy atom. The summed E-state index contributed by atoms with van der Waals surface area (Å²) in [7, 11) is 0. The zero-order chi connectivity index (χ0) is 13.0. The third-order valence-corrected chi connectivity index (χ3v) is 3.36. The van der Waals surface area contributed by atoms with Gasteiger partial charge in [0.1, 0.15) is 5.69 Å². The number of nitrogens with two attached hydrogens (primary N) is 1. The summed E-state index contributed by atoms with van der Waals surface area (Å²) in [5, 5.41) is 8.97. The molecule has 1 fully saturated rings. The number of pyridine rings is 1. The first-order valence-electron chi connectivity index (χ1n) is 6.30. The van der Waals surface area contributed by atoms with Crippen LogP contribution in [0.2, 0.25) is 0 Å². The van der Waals surface area contributed by atoms with Gasteiger partial charge in [-0.2, -0.15) is 0 Å². The predicted octanol–water partition coefficient (Wildman–Crippen LogP) is 0.352. The van der Waals surface area contributed by atoms with E-state index in [2.05, 4.69) is 9.88 Å². The van der Waals surface area contributed by atoms with Gasteiger partial charge in [-0.25, -0.2) is 4.98 Å². The van der Waals surface area contributed by atoms with Crippen LogP contribution in [0.5, 0.6) is 0 Å². The molecule has 0 unspecified atom stereocenters. The summed E-state index contributed by atoms with van der Waals surface area (Å²) in [6, 6.07) is 5.41. The second kappa shape index (κ2) is 5.93. The first-order chi connectivity index (χ1) is 8.70. The fraction of sp³-hybridized carbons (Fsp3) is 0.538. The summed E-state index contributed by atoms with van der Waals surface area (Å²) < 4.78 is 0. The highest BCUT2D eigenvalue weighted by atomic mass is 16.3. The fourth-order valence-corrected chi connectivity index (χ4v) is 2.46. The molecule has 0 bridgehead atoms. The van der Waals surface area contributed by atoms with E-state index >= 15 is 0 Å². The van der Waals surface area contributed by atoms with E-state index in [0.717, 1.165) is 31.6 Å². The Balaban J connectivity index is 2.10. The molecule has 0 radical (unpaired) electrons. The summed E-state index contributed by atoms with van der Waals surface area (Å²) >= 11 is 0. The number of aliphatic hydroxyl groups excluding tert-OH is 1. The van der Waals surface area contributed by atoms with Crippen LogP contribution in [-0.2, 0) is 0 Å². The molecule has 2 heterocycles. The van der Waals surface area contributed by atoms with Gasteiger partial charge in [-0.15, -0.1) is 0 Å². The first-order valence-corrected chi connectivity index (χ1v) is 6.30. The van der Waals surface area contributed by atoms with E-state index in [9.17, 15) is 4.79 Å². The Labute approximate surface area is 107 Å². The molecular formula is C13H19N3O2. The monoisotopic (exact) mass is 249 g/mol. The lowest BCUT2D eigenvalue weighted by atomic mass is 9.94. The van der Waals surface area contributed by atoms with Crippen molar-refractivity contribution in [2.24, 2.45) is 5.73 Å². The Morgan fingerprint density at radius 3 is 3.11 bits per heavy atom. The van der Waals surface area contributed by atoms with Crippen molar-refractivity contribution in [3.8, 4) is 0 Å². The highest BCUT2D eigenvalue weighted by molar-refractivity contribution is 5.90. The minimum absolute atomic E-state index is 0.182. The standard InChI is InChI=1S/C13H19N3O2/c14-13(18)12-5-1-4-11(15-12)10-3-2-6-16(9-10)7-8-17/h1,4-5,10,17H,2-3,6-9H2,(H2,14,18)/t10-/m1/s1. The van der Waals surface area contributed by atoms with Crippen LogP contribution < -0.4 is 5.73 Å². The van der Waals surface area contributed by atoms with Gasteiger partial charge in [-0.1, -0.05) is 6.07 Å². The van der Waals surface area contributed by atoms with Gasteiger partial charge in [0.05, 0.1) is 6.61 Å². The molecule has 98 valence electrons. The van der Waals surface area contributed by atoms with Crippen molar-refractivity contribution in [3.63, 3.8) is 0 Å². The number of nitrogens with zero attached hydrogens (tertiary/aromatic N) is 2. The van der Waals surface area contributed by atoms with E-state index < -0.39 is 5.91 Å². The van der Waals surface area contributed by atoms with Crippen molar-refractivity contribution in [2.45, 2.75) is 18.8 Å². The van der Waals surface area contributed by atoms with Crippen LogP contribution in [0.3, 0.4) is 0 Å². The third-order valence-electron chi connectivity index (χ3n) is 3.36. The molecule has 18 heavy (non-hydrogen) atoms. The van der Waals surface area contributed by atoms with E-state index in [1.54, 1.807) is 6.07 Å². The van der Waals surface area contributed by atoms with Gasteiger partial charge in [0.25, 0.3) is 5.91 Å². The molecule has 1 aromatic rings. The minimum Gasteiger partial charge on any atom is -0.395 e. The number of likely N-dealkylation sites (tertiary alicyclic amines) is 1. The van der Waals surface area contributed by atoms with Crippen molar-refractivity contribution in [3.05, 3.63) is 29.6 Å². The maximum Gasteiger partial charge on any atom is 0.267 e. The normalized spacial score (nSPS) is 20.8. The maximum absolute atomic E-state index is 11.1. The average molecular weight is 249 g/mol. The number of carbonyl (C=O) groups excluding carboxylic acids is 1. The summed E-state index contributed by atoms with van der Waals surface area (Å²) in [4.78, 5) is 17.7. The van der Waals surface area contributed by atoms with Gasteiger partial charge in [-0.3, -0.25) is 4.79 Å². The Kier molecular flexibility index (Phi) is 4.28. The van der Waals surface area contributed by atoms with E-state index in [1.807, 2.05) is 12.1 Å². The number of amides is 1. The number of primary amides is 1. The molecule has 0 spiro atoms. The quantitative estimate of drug-likeness (QED) is 0.807.